The first kappa shape index (κ1) is 14.7. The topological polar surface area (TPSA) is 59.9 Å². The van der Waals surface area contributed by atoms with Gasteiger partial charge < -0.3 is 10.1 Å². The number of hydrogen-bond donors (Lipinski definition) is 1. The molecule has 0 spiro atoms. The van der Waals surface area contributed by atoms with E-state index < -0.39 is 0 Å². The second kappa shape index (κ2) is 7.17. The third-order valence-corrected chi connectivity index (χ3v) is 2.87. The van der Waals surface area contributed by atoms with Gasteiger partial charge in [0.1, 0.15) is 17.6 Å². The van der Waals surface area contributed by atoms with E-state index in [-0.39, 0.29) is 6.04 Å². The Morgan fingerprint density at radius 3 is 2.90 bits per heavy atom. The quantitative estimate of drug-likeness (QED) is 0.828. The van der Waals surface area contributed by atoms with Gasteiger partial charge in [0.25, 0.3) is 0 Å². The van der Waals surface area contributed by atoms with Gasteiger partial charge in [-0.3, -0.25) is 4.98 Å². The first-order valence-corrected chi connectivity index (χ1v) is 6.85. The van der Waals surface area contributed by atoms with Gasteiger partial charge in [0.2, 0.25) is 0 Å². The number of anilines is 1. The molecule has 106 valence electrons. The molecule has 1 N–H and O–H groups in total. The van der Waals surface area contributed by atoms with Gasteiger partial charge in [0.15, 0.2) is 5.82 Å². The van der Waals surface area contributed by atoms with Crippen LogP contribution in [0, 0.1) is 0 Å². The van der Waals surface area contributed by atoms with Crippen LogP contribution in [0.5, 0.6) is 0 Å². The van der Waals surface area contributed by atoms with Crippen molar-refractivity contribution in [3.8, 4) is 0 Å². The van der Waals surface area contributed by atoms with Crippen molar-refractivity contribution in [1.82, 2.24) is 15.0 Å². The molecule has 20 heavy (non-hydrogen) atoms. The maximum Gasteiger partial charge on any atom is 0.158 e. The molecule has 0 aromatic carbocycles. The van der Waals surface area contributed by atoms with E-state index in [2.05, 4.69) is 20.3 Å². The number of pyridine rings is 1. The molecule has 5 nitrogen and oxygen atoms in total. The van der Waals surface area contributed by atoms with Crippen LogP contribution in [0.2, 0.25) is 5.15 Å². The summed E-state index contributed by atoms with van der Waals surface area (Å²) in [5.74, 6) is 1.23. The monoisotopic (exact) mass is 292 g/mol. The predicted octanol–water partition coefficient (Wildman–Crippen LogP) is 3.23. The highest BCUT2D eigenvalue weighted by Crippen LogP contribution is 2.18. The Morgan fingerprint density at radius 2 is 2.20 bits per heavy atom. The average molecular weight is 293 g/mol. The lowest BCUT2D eigenvalue weighted by Crippen LogP contribution is -2.11. The van der Waals surface area contributed by atoms with Crippen molar-refractivity contribution in [1.29, 1.82) is 0 Å². The van der Waals surface area contributed by atoms with Crippen LogP contribution in [0.25, 0.3) is 0 Å². The number of nitrogens with zero attached hydrogens (tertiary/aromatic N) is 3. The van der Waals surface area contributed by atoms with E-state index in [4.69, 9.17) is 16.3 Å². The molecule has 1 atom stereocenters. The SMILES string of the molecule is CCOCc1nc(Cl)cc(NC(C)c2ccccn2)n1. The molecule has 2 aromatic rings. The van der Waals surface area contributed by atoms with Crippen LogP contribution >= 0.6 is 11.6 Å². The third kappa shape index (κ3) is 4.15. The third-order valence-electron chi connectivity index (χ3n) is 2.67. The van der Waals surface area contributed by atoms with E-state index in [1.54, 1.807) is 12.3 Å². The lowest BCUT2D eigenvalue weighted by Gasteiger charge is -2.14. The van der Waals surface area contributed by atoms with Gasteiger partial charge in [0, 0.05) is 18.9 Å². The van der Waals surface area contributed by atoms with Gasteiger partial charge in [-0.1, -0.05) is 17.7 Å². The minimum atomic E-state index is 0.0297. The average Bonchev–Trinajstić information content (AvgIpc) is 2.45. The van der Waals surface area contributed by atoms with Gasteiger partial charge in [-0.15, -0.1) is 0 Å². The zero-order valence-electron chi connectivity index (χ0n) is 11.5. The largest absolute Gasteiger partial charge is 0.374 e. The maximum absolute atomic E-state index is 6.00. The zero-order valence-corrected chi connectivity index (χ0v) is 12.3. The number of ether oxygens (including phenoxy) is 1. The van der Waals surface area contributed by atoms with E-state index in [0.717, 1.165) is 5.69 Å². The van der Waals surface area contributed by atoms with Gasteiger partial charge in [-0.25, -0.2) is 9.97 Å². The van der Waals surface area contributed by atoms with Crippen LogP contribution in [0.4, 0.5) is 5.82 Å². The van der Waals surface area contributed by atoms with Crippen LogP contribution in [-0.2, 0) is 11.3 Å². The van der Waals surface area contributed by atoms with Crippen molar-refractivity contribution in [2.45, 2.75) is 26.5 Å². The number of nitrogens with one attached hydrogen (secondary N) is 1. The Morgan fingerprint density at radius 1 is 1.35 bits per heavy atom. The molecule has 2 rings (SSSR count). The predicted molar refractivity (Wildman–Crippen MR) is 78.6 cm³/mol. The number of hydrogen-bond acceptors (Lipinski definition) is 5. The summed E-state index contributed by atoms with van der Waals surface area (Å²) in [5, 5.41) is 3.66. The van der Waals surface area contributed by atoms with Crippen LogP contribution in [0.1, 0.15) is 31.4 Å². The van der Waals surface area contributed by atoms with Crippen molar-refractivity contribution >= 4 is 17.4 Å². The second-order valence-electron chi connectivity index (χ2n) is 4.25. The molecule has 0 aliphatic heterocycles. The molecule has 0 amide bonds. The molecule has 0 fully saturated rings. The number of aromatic nitrogens is 3. The van der Waals surface area contributed by atoms with E-state index >= 15 is 0 Å². The highest BCUT2D eigenvalue weighted by Gasteiger charge is 2.09. The highest BCUT2D eigenvalue weighted by molar-refractivity contribution is 6.29. The summed E-state index contributed by atoms with van der Waals surface area (Å²) in [6.07, 6.45) is 1.76. The fourth-order valence-corrected chi connectivity index (χ4v) is 1.93. The Labute approximate surface area is 123 Å². The lowest BCUT2D eigenvalue weighted by molar-refractivity contribution is 0.128. The first-order valence-electron chi connectivity index (χ1n) is 6.47. The van der Waals surface area contributed by atoms with Crippen molar-refractivity contribution in [3.63, 3.8) is 0 Å². The molecule has 0 saturated carbocycles. The minimum Gasteiger partial charge on any atom is -0.374 e. The van der Waals surface area contributed by atoms with Gasteiger partial charge >= 0.3 is 0 Å². The van der Waals surface area contributed by atoms with E-state index in [0.29, 0.717) is 30.0 Å². The standard InChI is InChI=1S/C14H17ClN4O/c1-3-20-9-14-18-12(15)8-13(19-14)17-10(2)11-6-4-5-7-16-11/h4-8,10H,3,9H2,1-2H3,(H,17,18,19). The molecular formula is C14H17ClN4O. The molecule has 0 radical (unpaired) electrons. The Hall–Kier alpha value is -1.72. The lowest BCUT2D eigenvalue weighted by atomic mass is 10.2. The van der Waals surface area contributed by atoms with Crippen molar-refractivity contribution in [2.75, 3.05) is 11.9 Å². The van der Waals surface area contributed by atoms with Crippen LogP contribution in [0.15, 0.2) is 30.5 Å². The highest BCUT2D eigenvalue weighted by atomic mass is 35.5. The Kier molecular flexibility index (Phi) is 5.26. The summed E-state index contributed by atoms with van der Waals surface area (Å²) in [5.41, 5.74) is 0.939. The van der Waals surface area contributed by atoms with E-state index in [1.165, 1.54) is 0 Å². The fraction of sp³-hybridized carbons (Fsp3) is 0.357. The molecule has 1 unspecified atom stereocenters. The van der Waals surface area contributed by atoms with Crippen LogP contribution in [-0.4, -0.2) is 21.6 Å². The summed E-state index contributed by atoms with van der Waals surface area (Å²) in [7, 11) is 0. The summed E-state index contributed by atoms with van der Waals surface area (Å²) in [6.45, 7) is 4.90. The molecule has 2 aromatic heterocycles. The van der Waals surface area contributed by atoms with Crippen LogP contribution in [0.3, 0.4) is 0 Å². The maximum atomic E-state index is 6.00. The van der Waals surface area contributed by atoms with Crippen molar-refractivity contribution in [3.05, 3.63) is 47.1 Å². The van der Waals surface area contributed by atoms with Crippen molar-refractivity contribution < 1.29 is 4.74 Å². The summed E-state index contributed by atoms with van der Waals surface area (Å²) < 4.78 is 5.30. The molecule has 6 heteroatoms. The van der Waals surface area contributed by atoms with Crippen molar-refractivity contribution in [2.24, 2.45) is 0 Å². The minimum absolute atomic E-state index is 0.0297. The van der Waals surface area contributed by atoms with Gasteiger partial charge in [0.05, 0.1) is 11.7 Å². The molecule has 0 aliphatic carbocycles. The Balaban J connectivity index is 2.10. The Bertz CT molecular complexity index is 550. The number of rotatable bonds is 6. The van der Waals surface area contributed by atoms with Gasteiger partial charge in [-0.2, -0.15) is 0 Å². The van der Waals surface area contributed by atoms with E-state index in [9.17, 15) is 0 Å². The summed E-state index contributed by atoms with van der Waals surface area (Å²) in [4.78, 5) is 12.8. The van der Waals surface area contributed by atoms with Crippen LogP contribution < -0.4 is 5.32 Å². The zero-order chi connectivity index (χ0) is 14.4. The number of halogens is 1. The normalized spacial score (nSPS) is 12.2. The second-order valence-corrected chi connectivity index (χ2v) is 4.64. The fourth-order valence-electron chi connectivity index (χ4n) is 1.72. The summed E-state index contributed by atoms with van der Waals surface area (Å²) in [6, 6.07) is 7.52. The molecule has 2 heterocycles. The molecule has 0 aliphatic rings. The van der Waals surface area contributed by atoms with Gasteiger partial charge in [-0.05, 0) is 26.0 Å². The molecule has 0 bridgehead atoms. The first-order chi connectivity index (χ1) is 9.69. The molecule has 0 saturated heterocycles. The molecular weight excluding hydrogens is 276 g/mol. The van der Waals surface area contributed by atoms with E-state index in [1.807, 2.05) is 32.0 Å². The smallest absolute Gasteiger partial charge is 0.158 e. The summed E-state index contributed by atoms with van der Waals surface area (Å²) >= 11 is 6.00.